The van der Waals surface area contributed by atoms with Crippen molar-refractivity contribution < 1.29 is 9.53 Å². The smallest absolute Gasteiger partial charge is 0.410 e. The monoisotopic (exact) mass is 491 g/mol. The fourth-order valence-corrected chi connectivity index (χ4v) is 4.22. The lowest BCUT2D eigenvalue weighted by Gasteiger charge is -2.31. The van der Waals surface area contributed by atoms with Gasteiger partial charge in [0.25, 0.3) is 0 Å². The van der Waals surface area contributed by atoms with E-state index in [0.29, 0.717) is 36.2 Å². The molecule has 0 unspecified atom stereocenters. The van der Waals surface area contributed by atoms with E-state index in [-0.39, 0.29) is 6.09 Å². The molecule has 0 saturated heterocycles. The van der Waals surface area contributed by atoms with Crippen LogP contribution in [0.2, 0.25) is 5.02 Å². The molecule has 0 atom stereocenters. The number of hydrogen-bond acceptors (Lipinski definition) is 7. The van der Waals surface area contributed by atoms with E-state index in [1.807, 2.05) is 56.7 Å². The third-order valence-corrected chi connectivity index (χ3v) is 5.97. The SMILES string of the molecule is Cn1cnc2cc(-c3nc(Nc4cnc5c(c4)CN(C(=O)OC(C)(C)C)CC5)ncc3Cl)ccc21. The van der Waals surface area contributed by atoms with E-state index < -0.39 is 5.60 Å². The molecule has 0 saturated carbocycles. The number of benzene rings is 1. The highest BCUT2D eigenvalue weighted by molar-refractivity contribution is 6.33. The highest BCUT2D eigenvalue weighted by atomic mass is 35.5. The highest BCUT2D eigenvalue weighted by Crippen LogP contribution is 2.30. The molecule has 1 aliphatic heterocycles. The van der Waals surface area contributed by atoms with E-state index in [1.54, 1.807) is 23.6 Å². The Labute approximate surface area is 208 Å². The number of amides is 1. The van der Waals surface area contributed by atoms with Crippen LogP contribution in [-0.4, -0.2) is 47.6 Å². The summed E-state index contributed by atoms with van der Waals surface area (Å²) in [4.78, 5) is 32.2. The van der Waals surface area contributed by atoms with Gasteiger partial charge in [0.1, 0.15) is 5.60 Å². The predicted molar refractivity (Wildman–Crippen MR) is 135 cm³/mol. The Morgan fingerprint density at radius 2 is 1.97 bits per heavy atom. The first-order valence-electron chi connectivity index (χ1n) is 11.3. The van der Waals surface area contributed by atoms with E-state index in [2.05, 4.69) is 25.3 Å². The maximum Gasteiger partial charge on any atom is 0.410 e. The highest BCUT2D eigenvalue weighted by Gasteiger charge is 2.26. The molecule has 0 radical (unpaired) electrons. The van der Waals surface area contributed by atoms with Gasteiger partial charge in [-0.25, -0.2) is 19.7 Å². The largest absolute Gasteiger partial charge is 0.444 e. The number of nitrogens with zero attached hydrogens (tertiary/aromatic N) is 6. The van der Waals surface area contributed by atoms with Crippen LogP contribution in [0.25, 0.3) is 22.3 Å². The number of anilines is 2. The Morgan fingerprint density at radius 3 is 2.77 bits per heavy atom. The summed E-state index contributed by atoms with van der Waals surface area (Å²) in [6.45, 7) is 6.60. The predicted octanol–water partition coefficient (Wildman–Crippen LogP) is 5.12. The van der Waals surface area contributed by atoms with Gasteiger partial charge < -0.3 is 19.5 Å². The van der Waals surface area contributed by atoms with Crippen molar-refractivity contribution in [2.24, 2.45) is 7.05 Å². The van der Waals surface area contributed by atoms with E-state index in [1.165, 1.54) is 0 Å². The van der Waals surface area contributed by atoms with Gasteiger partial charge >= 0.3 is 6.09 Å². The van der Waals surface area contributed by atoms with Gasteiger partial charge in [-0.1, -0.05) is 17.7 Å². The van der Waals surface area contributed by atoms with Gasteiger partial charge in [-0.05, 0) is 44.5 Å². The standard InChI is InChI=1S/C25H26ClN7O2/c1-25(2,3)35-24(34)33-8-7-19-16(13-33)9-17(11-27-19)30-23-28-12-18(26)22(31-23)15-5-6-21-20(10-15)29-14-32(21)4/h5-6,9-12,14H,7-8,13H2,1-4H3,(H,28,30,31). The fourth-order valence-electron chi connectivity index (χ4n) is 4.02. The van der Waals surface area contributed by atoms with Crippen molar-refractivity contribution in [1.29, 1.82) is 0 Å². The summed E-state index contributed by atoms with van der Waals surface area (Å²) in [5.41, 5.74) is 5.47. The van der Waals surface area contributed by atoms with Crippen LogP contribution in [0.3, 0.4) is 0 Å². The summed E-state index contributed by atoms with van der Waals surface area (Å²) in [7, 11) is 1.95. The summed E-state index contributed by atoms with van der Waals surface area (Å²) >= 11 is 6.44. The molecule has 1 amide bonds. The van der Waals surface area contributed by atoms with Gasteiger partial charge in [-0.3, -0.25) is 4.98 Å². The van der Waals surface area contributed by atoms with Crippen LogP contribution in [0.15, 0.2) is 43.0 Å². The number of pyridine rings is 1. The molecule has 0 bridgehead atoms. The Kier molecular flexibility index (Phi) is 5.80. The number of carbonyl (C=O) groups is 1. The second kappa shape index (κ2) is 8.81. The molecule has 0 fully saturated rings. The van der Waals surface area contributed by atoms with E-state index in [9.17, 15) is 4.79 Å². The van der Waals surface area contributed by atoms with E-state index in [0.717, 1.165) is 33.5 Å². The first kappa shape index (κ1) is 23.0. The number of aromatic nitrogens is 5. The zero-order chi connectivity index (χ0) is 24.7. The maximum atomic E-state index is 12.5. The third-order valence-electron chi connectivity index (χ3n) is 5.69. The van der Waals surface area contributed by atoms with Crippen LogP contribution in [0, 0.1) is 0 Å². The van der Waals surface area contributed by atoms with E-state index >= 15 is 0 Å². The average Bonchev–Trinajstić information content (AvgIpc) is 3.18. The molecule has 4 aromatic rings. The number of halogens is 1. The number of aryl methyl sites for hydroxylation is 1. The minimum absolute atomic E-state index is 0.322. The topological polar surface area (TPSA) is 98.1 Å². The molecule has 0 spiro atoms. The zero-order valence-corrected chi connectivity index (χ0v) is 20.8. The Morgan fingerprint density at radius 1 is 1.14 bits per heavy atom. The molecule has 1 N–H and O–H groups in total. The second-order valence-electron chi connectivity index (χ2n) is 9.56. The van der Waals surface area contributed by atoms with E-state index in [4.69, 9.17) is 16.3 Å². The molecule has 3 aromatic heterocycles. The zero-order valence-electron chi connectivity index (χ0n) is 20.0. The van der Waals surface area contributed by atoms with Crippen LogP contribution < -0.4 is 5.32 Å². The minimum Gasteiger partial charge on any atom is -0.444 e. The lowest BCUT2D eigenvalue weighted by molar-refractivity contribution is 0.0223. The molecular formula is C25H26ClN7O2. The normalized spacial score (nSPS) is 13.6. The van der Waals surface area contributed by atoms with Crippen LogP contribution in [0.5, 0.6) is 0 Å². The number of carbonyl (C=O) groups excluding carboxylic acids is 1. The number of hydrogen-bond donors (Lipinski definition) is 1. The first-order valence-corrected chi connectivity index (χ1v) is 11.7. The van der Waals surface area contributed by atoms with Crippen molar-refractivity contribution >= 4 is 40.4 Å². The summed E-state index contributed by atoms with van der Waals surface area (Å²) < 4.78 is 7.48. The average molecular weight is 492 g/mol. The quantitative estimate of drug-likeness (QED) is 0.425. The lowest BCUT2D eigenvalue weighted by Crippen LogP contribution is -2.40. The number of fused-ring (bicyclic) bond motifs is 2. The number of ether oxygens (including phenoxy) is 1. The molecule has 4 heterocycles. The number of imidazole rings is 1. The Bertz CT molecular complexity index is 1430. The molecule has 1 aliphatic rings. The van der Waals surface area contributed by atoms with Crippen molar-refractivity contribution in [3.8, 4) is 11.3 Å². The summed E-state index contributed by atoms with van der Waals surface area (Å²) in [6.07, 6.45) is 5.45. The van der Waals surface area contributed by atoms with Gasteiger partial charge in [-0.2, -0.15) is 0 Å². The molecule has 9 nitrogen and oxygen atoms in total. The van der Waals surface area contributed by atoms with Gasteiger partial charge in [0, 0.05) is 31.3 Å². The van der Waals surface area contributed by atoms with Crippen LogP contribution in [0.4, 0.5) is 16.4 Å². The summed E-state index contributed by atoms with van der Waals surface area (Å²) in [5, 5.41) is 3.66. The fraction of sp³-hybridized carbons (Fsp3) is 0.320. The van der Waals surface area contributed by atoms with Gasteiger partial charge in [0.15, 0.2) is 0 Å². The van der Waals surface area contributed by atoms with Crippen LogP contribution in [-0.2, 0) is 24.8 Å². The third kappa shape index (κ3) is 4.90. The molecule has 35 heavy (non-hydrogen) atoms. The molecule has 1 aromatic carbocycles. The van der Waals surface area contributed by atoms with Gasteiger partial charge in [-0.15, -0.1) is 0 Å². The maximum absolute atomic E-state index is 12.5. The van der Waals surface area contributed by atoms with Crippen LogP contribution >= 0.6 is 11.6 Å². The lowest BCUT2D eigenvalue weighted by atomic mass is 10.1. The second-order valence-corrected chi connectivity index (χ2v) is 9.96. The summed E-state index contributed by atoms with van der Waals surface area (Å²) in [5.74, 6) is 0.395. The van der Waals surface area contributed by atoms with Gasteiger partial charge in [0.05, 0.1) is 52.7 Å². The van der Waals surface area contributed by atoms with Crippen molar-refractivity contribution in [3.05, 3.63) is 59.3 Å². The number of nitrogens with one attached hydrogen (secondary N) is 1. The first-order chi connectivity index (χ1) is 16.7. The molecule has 0 aliphatic carbocycles. The molecule has 10 heteroatoms. The Balaban J connectivity index is 1.37. The Hall–Kier alpha value is -3.72. The molecular weight excluding hydrogens is 466 g/mol. The van der Waals surface area contributed by atoms with Gasteiger partial charge in [0.2, 0.25) is 5.95 Å². The van der Waals surface area contributed by atoms with Crippen molar-refractivity contribution in [2.45, 2.75) is 39.3 Å². The van der Waals surface area contributed by atoms with Crippen LogP contribution in [0.1, 0.15) is 32.0 Å². The molecule has 180 valence electrons. The molecule has 5 rings (SSSR count). The number of rotatable bonds is 3. The van der Waals surface area contributed by atoms with Crippen molar-refractivity contribution in [1.82, 2.24) is 29.4 Å². The summed E-state index contributed by atoms with van der Waals surface area (Å²) in [6, 6.07) is 7.89. The van der Waals surface area contributed by atoms with Crippen molar-refractivity contribution in [2.75, 3.05) is 11.9 Å². The van der Waals surface area contributed by atoms with Crippen molar-refractivity contribution in [3.63, 3.8) is 0 Å². The minimum atomic E-state index is -0.538.